The summed E-state index contributed by atoms with van der Waals surface area (Å²) in [6, 6.07) is 14.7. The Labute approximate surface area is 206 Å². The average Bonchev–Trinajstić information content (AvgIpc) is 2.79. The topological polar surface area (TPSA) is 126 Å². The highest BCUT2D eigenvalue weighted by atomic mass is 32.2. The van der Waals surface area contributed by atoms with Crippen molar-refractivity contribution in [3.8, 4) is 0 Å². The molecule has 3 aromatic rings. The van der Waals surface area contributed by atoms with Gasteiger partial charge in [-0.15, -0.1) is 0 Å². The van der Waals surface area contributed by atoms with Crippen LogP contribution in [0.2, 0.25) is 0 Å². The molecule has 0 unspecified atom stereocenters. The summed E-state index contributed by atoms with van der Waals surface area (Å²) in [6.45, 7) is 5.52. The number of nitrogens with zero attached hydrogens (tertiary/aromatic N) is 2. The number of carbonyl (C=O) groups is 1. The van der Waals surface area contributed by atoms with Gasteiger partial charge in [0.05, 0.1) is 16.8 Å². The minimum absolute atomic E-state index is 0.0129. The number of sulfonamides is 2. The van der Waals surface area contributed by atoms with Crippen molar-refractivity contribution in [3.05, 3.63) is 78.0 Å². The highest BCUT2D eigenvalue weighted by Crippen LogP contribution is 2.26. The monoisotopic (exact) mass is 516 g/mol. The molecule has 1 aromatic heterocycles. The molecule has 0 saturated carbocycles. The van der Waals surface area contributed by atoms with Crippen LogP contribution in [0.3, 0.4) is 0 Å². The van der Waals surface area contributed by atoms with Crippen LogP contribution in [-0.4, -0.2) is 40.0 Å². The zero-order valence-corrected chi connectivity index (χ0v) is 21.5. The minimum atomic E-state index is -3.87. The first-order chi connectivity index (χ1) is 16.4. The van der Waals surface area contributed by atoms with Gasteiger partial charge in [0.1, 0.15) is 11.9 Å². The summed E-state index contributed by atoms with van der Waals surface area (Å²) in [7, 11) is -7.64. The first-order valence-electron chi connectivity index (χ1n) is 10.8. The van der Waals surface area contributed by atoms with E-state index in [9.17, 15) is 21.6 Å². The molecule has 0 fully saturated rings. The second-order valence-electron chi connectivity index (χ2n) is 8.09. The van der Waals surface area contributed by atoms with Crippen LogP contribution in [-0.2, 0) is 24.8 Å². The Morgan fingerprint density at radius 1 is 0.971 bits per heavy atom. The summed E-state index contributed by atoms with van der Waals surface area (Å²) in [5, 5.41) is 2.70. The molecule has 0 radical (unpaired) electrons. The third-order valence-corrected chi connectivity index (χ3v) is 7.96. The number of carbonyl (C=O) groups excluding carboxylic acids is 1. The van der Waals surface area contributed by atoms with E-state index in [0.29, 0.717) is 11.4 Å². The molecule has 2 aromatic carbocycles. The fraction of sp³-hybridized carbons (Fsp3) is 0.250. The lowest BCUT2D eigenvalue weighted by molar-refractivity contribution is -0.117. The molecule has 0 aliphatic carbocycles. The van der Waals surface area contributed by atoms with Crippen molar-refractivity contribution in [2.24, 2.45) is 0 Å². The standard InChI is InChI=1S/C24H28N4O5S2/c1-5-22(28(34(4,30)31)20-12-9-17(2)18(3)16-20)24(29)26-19-10-13-21(14-11-19)35(32,33)27-23-8-6-7-15-25-23/h6-16,22H,5H2,1-4H3,(H,25,27)(H,26,29)/t22-/m1/s1. The highest BCUT2D eigenvalue weighted by Gasteiger charge is 2.31. The van der Waals surface area contributed by atoms with Crippen LogP contribution in [0.4, 0.5) is 17.2 Å². The first-order valence-corrected chi connectivity index (χ1v) is 14.2. The number of hydrogen-bond acceptors (Lipinski definition) is 6. The predicted molar refractivity (Wildman–Crippen MR) is 137 cm³/mol. The molecule has 0 spiro atoms. The average molecular weight is 517 g/mol. The lowest BCUT2D eigenvalue weighted by Crippen LogP contribution is -2.47. The number of pyridine rings is 1. The molecule has 0 aliphatic rings. The molecular formula is C24H28N4O5S2. The summed E-state index contributed by atoms with van der Waals surface area (Å²) in [5.41, 5.74) is 2.65. The normalized spacial score (nSPS) is 12.6. The van der Waals surface area contributed by atoms with Gasteiger partial charge in [-0.2, -0.15) is 0 Å². The molecule has 0 aliphatic heterocycles. The van der Waals surface area contributed by atoms with Crippen molar-refractivity contribution in [1.82, 2.24) is 4.98 Å². The van der Waals surface area contributed by atoms with E-state index >= 15 is 0 Å². The van der Waals surface area contributed by atoms with Crippen molar-refractivity contribution in [2.75, 3.05) is 20.6 Å². The Morgan fingerprint density at radius 3 is 2.20 bits per heavy atom. The second kappa shape index (κ2) is 10.4. The quantitative estimate of drug-likeness (QED) is 0.447. The van der Waals surface area contributed by atoms with Gasteiger partial charge >= 0.3 is 0 Å². The van der Waals surface area contributed by atoms with Gasteiger partial charge < -0.3 is 5.32 Å². The number of benzene rings is 2. The van der Waals surface area contributed by atoms with Gasteiger partial charge in [0.2, 0.25) is 15.9 Å². The zero-order chi connectivity index (χ0) is 25.8. The highest BCUT2D eigenvalue weighted by molar-refractivity contribution is 7.92. The Bertz CT molecular complexity index is 1410. The van der Waals surface area contributed by atoms with E-state index in [1.807, 2.05) is 19.9 Å². The van der Waals surface area contributed by atoms with Gasteiger partial charge in [0, 0.05) is 11.9 Å². The van der Waals surface area contributed by atoms with Crippen molar-refractivity contribution in [2.45, 2.75) is 38.1 Å². The van der Waals surface area contributed by atoms with Crippen molar-refractivity contribution in [3.63, 3.8) is 0 Å². The van der Waals surface area contributed by atoms with Gasteiger partial charge in [-0.05, 0) is 79.9 Å². The molecule has 0 saturated heterocycles. The summed E-state index contributed by atoms with van der Waals surface area (Å²) in [6.07, 6.45) is 2.76. The second-order valence-corrected chi connectivity index (χ2v) is 11.6. The maximum absolute atomic E-state index is 13.1. The van der Waals surface area contributed by atoms with Crippen LogP contribution in [0, 0.1) is 13.8 Å². The van der Waals surface area contributed by atoms with Crippen LogP contribution in [0.5, 0.6) is 0 Å². The van der Waals surface area contributed by atoms with Gasteiger partial charge in [-0.25, -0.2) is 21.8 Å². The molecule has 1 heterocycles. The third-order valence-electron chi connectivity index (χ3n) is 5.41. The fourth-order valence-corrected chi connectivity index (χ4v) is 5.70. The van der Waals surface area contributed by atoms with Crippen LogP contribution < -0.4 is 14.3 Å². The Balaban J connectivity index is 1.82. The lowest BCUT2D eigenvalue weighted by atomic mass is 10.1. The molecule has 35 heavy (non-hydrogen) atoms. The van der Waals surface area contributed by atoms with Gasteiger partial charge in [-0.3, -0.25) is 13.8 Å². The van der Waals surface area contributed by atoms with Crippen LogP contribution in [0.25, 0.3) is 0 Å². The largest absolute Gasteiger partial charge is 0.324 e. The SMILES string of the molecule is CC[C@H](C(=O)Nc1ccc(S(=O)(=O)Nc2ccccn2)cc1)N(c1ccc(C)c(C)c1)S(C)(=O)=O. The van der Waals surface area contributed by atoms with E-state index < -0.39 is 32.0 Å². The third kappa shape index (κ3) is 6.37. The minimum Gasteiger partial charge on any atom is -0.324 e. The van der Waals surface area contributed by atoms with Crippen molar-refractivity contribution >= 4 is 43.1 Å². The number of aryl methyl sites for hydroxylation is 2. The van der Waals surface area contributed by atoms with Gasteiger partial charge in [0.25, 0.3) is 10.0 Å². The molecule has 1 atom stereocenters. The molecule has 11 heteroatoms. The summed E-state index contributed by atoms with van der Waals surface area (Å²) >= 11 is 0. The van der Waals surface area contributed by atoms with E-state index in [0.717, 1.165) is 21.7 Å². The zero-order valence-electron chi connectivity index (χ0n) is 19.9. The molecule has 3 rings (SSSR count). The number of nitrogens with one attached hydrogen (secondary N) is 2. The number of hydrogen-bond donors (Lipinski definition) is 2. The van der Waals surface area contributed by atoms with Crippen LogP contribution in [0.15, 0.2) is 71.8 Å². The Kier molecular flexibility index (Phi) is 7.81. The molecule has 0 bridgehead atoms. The summed E-state index contributed by atoms with van der Waals surface area (Å²) in [5.74, 6) is -0.346. The fourth-order valence-electron chi connectivity index (χ4n) is 3.49. The maximum atomic E-state index is 13.1. The van der Waals surface area contributed by atoms with Gasteiger partial charge in [0.15, 0.2) is 0 Å². The first kappa shape index (κ1) is 26.2. The number of aromatic nitrogens is 1. The molecular weight excluding hydrogens is 488 g/mol. The van der Waals surface area contributed by atoms with E-state index in [-0.39, 0.29) is 17.1 Å². The Morgan fingerprint density at radius 2 is 1.66 bits per heavy atom. The van der Waals surface area contributed by atoms with Gasteiger partial charge in [-0.1, -0.05) is 19.1 Å². The lowest BCUT2D eigenvalue weighted by Gasteiger charge is -2.30. The van der Waals surface area contributed by atoms with E-state index in [4.69, 9.17) is 0 Å². The molecule has 9 nitrogen and oxygen atoms in total. The Hall–Kier alpha value is -3.44. The predicted octanol–water partition coefficient (Wildman–Crippen LogP) is 3.68. The van der Waals surface area contributed by atoms with E-state index in [2.05, 4.69) is 15.0 Å². The van der Waals surface area contributed by atoms with Crippen LogP contribution in [0.1, 0.15) is 24.5 Å². The van der Waals surface area contributed by atoms with Crippen molar-refractivity contribution in [1.29, 1.82) is 0 Å². The summed E-state index contributed by atoms with van der Waals surface area (Å²) < 4.78 is 54.0. The molecule has 186 valence electrons. The number of rotatable bonds is 9. The molecule has 1 amide bonds. The molecule has 2 N–H and O–H groups in total. The maximum Gasteiger partial charge on any atom is 0.263 e. The number of anilines is 3. The van der Waals surface area contributed by atoms with E-state index in [1.54, 1.807) is 31.2 Å². The smallest absolute Gasteiger partial charge is 0.263 e. The van der Waals surface area contributed by atoms with Crippen molar-refractivity contribution < 1.29 is 21.6 Å². The summed E-state index contributed by atoms with van der Waals surface area (Å²) in [4.78, 5) is 17.1. The van der Waals surface area contributed by atoms with E-state index in [1.165, 1.54) is 36.5 Å². The van der Waals surface area contributed by atoms with Crippen LogP contribution >= 0.6 is 0 Å². The number of amides is 1.